The predicted molar refractivity (Wildman–Crippen MR) is 97.2 cm³/mol. The Morgan fingerprint density at radius 2 is 2.38 bits per heavy atom. The first-order chi connectivity index (χ1) is 11.8. The monoisotopic (exact) mass is 336 g/mol. The molecule has 0 radical (unpaired) electrons. The molecule has 2 N–H and O–H groups in total. The molecule has 0 aromatic carbocycles. The lowest BCUT2D eigenvalue weighted by atomic mass is 9.98. The zero-order chi connectivity index (χ0) is 17.0. The number of ether oxygens (including phenoxy) is 1. The van der Waals surface area contributed by atoms with Gasteiger partial charge in [-0.15, -0.1) is 0 Å². The highest BCUT2D eigenvalue weighted by atomic mass is 16.5. The first-order valence-corrected chi connectivity index (χ1v) is 9.08. The van der Waals surface area contributed by atoms with E-state index in [1.165, 1.54) is 25.9 Å². The summed E-state index contributed by atoms with van der Waals surface area (Å²) in [5.41, 5.74) is 0. The molecule has 2 rings (SSSR count). The number of furan rings is 1. The van der Waals surface area contributed by atoms with Crippen LogP contribution in [0.15, 0.2) is 27.8 Å². The maximum Gasteiger partial charge on any atom is 0.190 e. The van der Waals surface area contributed by atoms with Crippen LogP contribution in [0.5, 0.6) is 0 Å². The van der Waals surface area contributed by atoms with Gasteiger partial charge in [0.15, 0.2) is 5.96 Å². The van der Waals surface area contributed by atoms with Gasteiger partial charge in [-0.3, -0.25) is 4.99 Å². The minimum Gasteiger partial charge on any atom is -0.467 e. The van der Waals surface area contributed by atoms with Gasteiger partial charge in [0.25, 0.3) is 0 Å². The minimum absolute atomic E-state index is 0.537. The van der Waals surface area contributed by atoms with Crippen molar-refractivity contribution in [3.63, 3.8) is 0 Å². The Bertz CT molecular complexity index is 462. The summed E-state index contributed by atoms with van der Waals surface area (Å²) in [5, 5.41) is 6.80. The Balaban J connectivity index is 1.52. The van der Waals surface area contributed by atoms with E-state index in [4.69, 9.17) is 9.15 Å². The third kappa shape index (κ3) is 6.93. The van der Waals surface area contributed by atoms with Crippen LogP contribution < -0.4 is 10.6 Å². The van der Waals surface area contributed by atoms with Gasteiger partial charge in [0.1, 0.15) is 12.4 Å². The minimum atomic E-state index is 0.537. The van der Waals surface area contributed by atoms with E-state index >= 15 is 0 Å². The van der Waals surface area contributed by atoms with E-state index in [9.17, 15) is 0 Å². The Morgan fingerprint density at radius 3 is 3.12 bits per heavy atom. The quantitative estimate of drug-likeness (QED) is 0.411. The van der Waals surface area contributed by atoms with Crippen LogP contribution in [0.1, 0.15) is 31.9 Å². The van der Waals surface area contributed by atoms with E-state index in [2.05, 4.69) is 27.4 Å². The summed E-state index contributed by atoms with van der Waals surface area (Å²) in [4.78, 5) is 6.83. The van der Waals surface area contributed by atoms with Crippen molar-refractivity contribution in [1.29, 1.82) is 0 Å². The highest BCUT2D eigenvalue weighted by Gasteiger charge is 2.18. The van der Waals surface area contributed by atoms with Gasteiger partial charge in [0.05, 0.1) is 6.26 Å². The Morgan fingerprint density at radius 1 is 1.46 bits per heavy atom. The first kappa shape index (κ1) is 18.8. The summed E-state index contributed by atoms with van der Waals surface area (Å²) in [6.07, 6.45) is 5.22. The summed E-state index contributed by atoms with van der Waals surface area (Å²) >= 11 is 0. The molecule has 0 saturated carbocycles. The van der Waals surface area contributed by atoms with Gasteiger partial charge in [0.2, 0.25) is 0 Å². The van der Waals surface area contributed by atoms with Crippen molar-refractivity contribution in [3.8, 4) is 0 Å². The van der Waals surface area contributed by atoms with Crippen molar-refractivity contribution in [2.75, 3.05) is 46.4 Å². The molecule has 1 aliphatic rings. The second-order valence-corrected chi connectivity index (χ2v) is 6.27. The highest BCUT2D eigenvalue weighted by Crippen LogP contribution is 2.14. The summed E-state index contributed by atoms with van der Waals surface area (Å²) in [6, 6.07) is 3.80. The van der Waals surface area contributed by atoms with Crippen molar-refractivity contribution in [2.45, 2.75) is 32.8 Å². The van der Waals surface area contributed by atoms with Gasteiger partial charge >= 0.3 is 0 Å². The molecule has 0 aliphatic carbocycles. The fourth-order valence-electron chi connectivity index (χ4n) is 3.02. The number of guanidine groups is 1. The summed E-state index contributed by atoms with van der Waals surface area (Å²) in [7, 11) is 1.82. The van der Waals surface area contributed by atoms with E-state index in [0.29, 0.717) is 19.1 Å². The molecule has 136 valence electrons. The molecule has 1 saturated heterocycles. The van der Waals surface area contributed by atoms with E-state index < -0.39 is 0 Å². The second-order valence-electron chi connectivity index (χ2n) is 6.27. The van der Waals surface area contributed by atoms with Gasteiger partial charge in [-0.05, 0) is 50.4 Å². The van der Waals surface area contributed by atoms with Crippen molar-refractivity contribution < 1.29 is 9.15 Å². The van der Waals surface area contributed by atoms with Gasteiger partial charge in [-0.1, -0.05) is 6.92 Å². The van der Waals surface area contributed by atoms with Crippen LogP contribution in [0.25, 0.3) is 0 Å². The van der Waals surface area contributed by atoms with E-state index in [-0.39, 0.29) is 0 Å². The number of nitrogens with one attached hydrogen (secondary N) is 2. The standard InChI is InChI=1S/C18H32N4O2/c1-3-22-10-4-7-16(14-22)13-21-18(19-2)20-9-6-11-23-15-17-8-5-12-24-17/h5,8,12,16H,3-4,6-7,9-11,13-15H2,1-2H3,(H2,19,20,21). The van der Waals surface area contributed by atoms with Crippen molar-refractivity contribution >= 4 is 5.96 Å². The van der Waals surface area contributed by atoms with Crippen LogP contribution in [-0.4, -0.2) is 57.2 Å². The van der Waals surface area contributed by atoms with Gasteiger partial charge in [0, 0.05) is 33.3 Å². The maximum atomic E-state index is 5.57. The Hall–Kier alpha value is -1.53. The predicted octanol–water partition coefficient (Wildman–Crippen LogP) is 2.08. The number of rotatable bonds is 9. The van der Waals surface area contributed by atoms with E-state index in [1.807, 2.05) is 19.2 Å². The molecule has 1 atom stereocenters. The van der Waals surface area contributed by atoms with Crippen molar-refractivity contribution in [3.05, 3.63) is 24.2 Å². The van der Waals surface area contributed by atoms with Crippen LogP contribution in [0.3, 0.4) is 0 Å². The molecule has 1 aromatic rings. The first-order valence-electron chi connectivity index (χ1n) is 9.08. The van der Waals surface area contributed by atoms with Crippen LogP contribution in [-0.2, 0) is 11.3 Å². The average Bonchev–Trinajstić information content (AvgIpc) is 3.14. The van der Waals surface area contributed by atoms with Gasteiger partial charge in [-0.2, -0.15) is 0 Å². The van der Waals surface area contributed by atoms with Crippen LogP contribution in [0.4, 0.5) is 0 Å². The van der Waals surface area contributed by atoms with E-state index in [1.54, 1.807) is 6.26 Å². The van der Waals surface area contributed by atoms with E-state index in [0.717, 1.165) is 37.8 Å². The normalized spacial score (nSPS) is 19.4. The highest BCUT2D eigenvalue weighted by molar-refractivity contribution is 5.79. The zero-order valence-corrected chi connectivity index (χ0v) is 15.1. The lowest BCUT2D eigenvalue weighted by Gasteiger charge is -2.32. The molecule has 0 bridgehead atoms. The van der Waals surface area contributed by atoms with Crippen LogP contribution in [0.2, 0.25) is 0 Å². The fraction of sp³-hybridized carbons (Fsp3) is 0.722. The third-order valence-corrected chi connectivity index (χ3v) is 4.41. The molecule has 6 heteroatoms. The maximum absolute atomic E-state index is 5.57. The smallest absolute Gasteiger partial charge is 0.190 e. The number of likely N-dealkylation sites (tertiary alicyclic amines) is 1. The average molecular weight is 336 g/mol. The summed E-state index contributed by atoms with van der Waals surface area (Å²) in [6.45, 7) is 8.92. The molecule has 2 heterocycles. The molecule has 6 nitrogen and oxygen atoms in total. The lowest BCUT2D eigenvalue weighted by Crippen LogP contribution is -2.44. The molecule has 0 spiro atoms. The fourth-order valence-corrected chi connectivity index (χ4v) is 3.02. The molecule has 1 fully saturated rings. The van der Waals surface area contributed by atoms with Crippen LogP contribution in [0, 0.1) is 5.92 Å². The van der Waals surface area contributed by atoms with Gasteiger partial charge < -0.3 is 24.7 Å². The molecule has 1 unspecified atom stereocenters. The van der Waals surface area contributed by atoms with Crippen molar-refractivity contribution in [1.82, 2.24) is 15.5 Å². The third-order valence-electron chi connectivity index (χ3n) is 4.41. The number of piperidine rings is 1. The molecular formula is C18H32N4O2. The number of nitrogens with zero attached hydrogens (tertiary/aromatic N) is 2. The Labute approximate surface area is 145 Å². The number of aliphatic imine (C=N–C) groups is 1. The summed E-state index contributed by atoms with van der Waals surface area (Å²) < 4.78 is 10.8. The molecule has 1 aromatic heterocycles. The van der Waals surface area contributed by atoms with Crippen LogP contribution >= 0.6 is 0 Å². The topological polar surface area (TPSA) is 62.0 Å². The SMILES string of the molecule is CCN1CCCC(CNC(=NC)NCCCOCc2ccco2)C1. The van der Waals surface area contributed by atoms with Crippen molar-refractivity contribution in [2.24, 2.45) is 10.9 Å². The summed E-state index contributed by atoms with van der Waals surface area (Å²) in [5.74, 6) is 2.47. The van der Waals surface area contributed by atoms with Gasteiger partial charge in [-0.25, -0.2) is 0 Å². The largest absolute Gasteiger partial charge is 0.467 e. The molecule has 24 heavy (non-hydrogen) atoms. The number of hydrogen-bond donors (Lipinski definition) is 2. The zero-order valence-electron chi connectivity index (χ0n) is 15.1. The molecule has 1 aliphatic heterocycles. The molecule has 0 amide bonds. The number of hydrogen-bond acceptors (Lipinski definition) is 4. The Kier molecular flexibility index (Phi) is 8.70. The lowest BCUT2D eigenvalue weighted by molar-refractivity contribution is 0.105. The molecular weight excluding hydrogens is 304 g/mol. The second kappa shape index (κ2) is 11.1.